The number of hydrogen-bond donors (Lipinski definition) is 4. The fraction of sp³-hybridized carbons (Fsp3) is 0.0588. The highest BCUT2D eigenvalue weighted by atomic mass is 16.1. The second-order valence-electron chi connectivity index (χ2n) is 5.36. The quantitative estimate of drug-likeness (QED) is 0.431. The van der Waals surface area contributed by atoms with E-state index in [-0.39, 0.29) is 17.2 Å². The second kappa shape index (κ2) is 6.83. The van der Waals surface area contributed by atoms with Gasteiger partial charge in [0, 0.05) is 23.9 Å². The van der Waals surface area contributed by atoms with Crippen LogP contribution in [0.25, 0.3) is 11.3 Å². The molecule has 8 heteroatoms. The molecule has 25 heavy (non-hydrogen) atoms. The number of H-pyrrole nitrogens is 2. The summed E-state index contributed by atoms with van der Waals surface area (Å²) in [5.41, 5.74) is 8.44. The Labute approximate surface area is 142 Å². The molecule has 0 aliphatic rings. The number of nitrogens with zero attached hydrogens (tertiary/aromatic N) is 2. The minimum atomic E-state index is -0.390. The van der Waals surface area contributed by atoms with Gasteiger partial charge in [-0.05, 0) is 30.3 Å². The Morgan fingerprint density at radius 3 is 2.64 bits per heavy atom. The summed E-state index contributed by atoms with van der Waals surface area (Å²) in [5, 5.41) is 16.1. The van der Waals surface area contributed by atoms with Gasteiger partial charge in [-0.1, -0.05) is 18.2 Å². The molecule has 1 amide bonds. The summed E-state index contributed by atoms with van der Waals surface area (Å²) >= 11 is 0. The zero-order valence-corrected chi connectivity index (χ0v) is 13.4. The average Bonchev–Trinajstić information content (AvgIpc) is 2.93. The fourth-order valence-corrected chi connectivity index (χ4v) is 2.31. The maximum absolute atomic E-state index is 12.0. The standard InChI is InChI=1S/C17H16N6O2/c1-10(24)19-13-6-3-7-14(9-13)20-22-16-15(21-23-17(16)25)11-4-2-5-12(18)8-11/h2-9H,18H2,1H3,(H,19,24)(H2,21,23,25). The molecular formula is C17H16N6O2. The molecule has 0 aliphatic heterocycles. The Morgan fingerprint density at radius 1 is 1.08 bits per heavy atom. The predicted molar refractivity (Wildman–Crippen MR) is 96.2 cm³/mol. The van der Waals surface area contributed by atoms with Crippen LogP contribution in [0.15, 0.2) is 63.6 Å². The molecule has 0 radical (unpaired) electrons. The van der Waals surface area contributed by atoms with Crippen LogP contribution >= 0.6 is 0 Å². The van der Waals surface area contributed by atoms with E-state index in [4.69, 9.17) is 5.73 Å². The molecular weight excluding hydrogens is 320 g/mol. The predicted octanol–water partition coefficient (Wildman–Crippen LogP) is 3.33. The second-order valence-corrected chi connectivity index (χ2v) is 5.36. The van der Waals surface area contributed by atoms with Crippen LogP contribution < -0.4 is 16.6 Å². The van der Waals surface area contributed by atoms with E-state index in [1.165, 1.54) is 6.92 Å². The van der Waals surface area contributed by atoms with Crippen molar-refractivity contribution >= 4 is 28.7 Å². The van der Waals surface area contributed by atoms with Crippen molar-refractivity contribution in [3.63, 3.8) is 0 Å². The molecule has 0 aliphatic carbocycles. The third-order valence-corrected chi connectivity index (χ3v) is 3.36. The number of rotatable bonds is 4. The molecule has 0 atom stereocenters. The number of benzene rings is 2. The number of amides is 1. The number of nitrogens with one attached hydrogen (secondary N) is 3. The number of carbonyl (C=O) groups is 1. The molecule has 0 saturated carbocycles. The van der Waals surface area contributed by atoms with Gasteiger partial charge >= 0.3 is 0 Å². The van der Waals surface area contributed by atoms with Crippen molar-refractivity contribution in [2.75, 3.05) is 11.1 Å². The SMILES string of the molecule is CC(=O)Nc1cccc(N=Nc2c(-c3cccc(N)c3)[nH][nH]c2=O)c1. The van der Waals surface area contributed by atoms with Crippen LogP contribution in [0.5, 0.6) is 0 Å². The Balaban J connectivity index is 1.94. The Kier molecular flexibility index (Phi) is 4.42. The summed E-state index contributed by atoms with van der Waals surface area (Å²) in [6, 6.07) is 13.9. The van der Waals surface area contributed by atoms with Gasteiger partial charge in [-0.3, -0.25) is 19.8 Å². The van der Waals surface area contributed by atoms with Crippen molar-refractivity contribution in [2.45, 2.75) is 6.92 Å². The molecule has 0 bridgehead atoms. The Morgan fingerprint density at radius 2 is 1.88 bits per heavy atom. The van der Waals surface area contributed by atoms with Gasteiger partial charge in [-0.25, -0.2) is 0 Å². The third kappa shape index (κ3) is 3.81. The van der Waals surface area contributed by atoms with Crippen LogP contribution in [0, 0.1) is 0 Å². The normalized spacial score (nSPS) is 10.9. The van der Waals surface area contributed by atoms with E-state index < -0.39 is 0 Å². The summed E-state index contributed by atoms with van der Waals surface area (Å²) in [6.45, 7) is 1.42. The zero-order chi connectivity index (χ0) is 17.8. The lowest BCUT2D eigenvalue weighted by molar-refractivity contribution is -0.114. The molecule has 1 aromatic heterocycles. The number of nitrogen functional groups attached to an aromatic ring is 1. The van der Waals surface area contributed by atoms with E-state index in [1.54, 1.807) is 42.5 Å². The maximum Gasteiger partial charge on any atom is 0.292 e. The molecule has 0 saturated heterocycles. The number of nitrogens with two attached hydrogens (primary N) is 1. The van der Waals surface area contributed by atoms with Gasteiger partial charge < -0.3 is 11.1 Å². The van der Waals surface area contributed by atoms with E-state index >= 15 is 0 Å². The number of aromatic amines is 2. The molecule has 0 unspecified atom stereocenters. The molecule has 1 heterocycles. The van der Waals surface area contributed by atoms with Crippen LogP contribution in [0.1, 0.15) is 6.92 Å². The van der Waals surface area contributed by atoms with Crippen molar-refractivity contribution in [1.29, 1.82) is 0 Å². The maximum atomic E-state index is 12.0. The van der Waals surface area contributed by atoms with Crippen molar-refractivity contribution in [1.82, 2.24) is 10.2 Å². The first-order valence-electron chi connectivity index (χ1n) is 7.49. The summed E-state index contributed by atoms with van der Waals surface area (Å²) in [6.07, 6.45) is 0. The topological polar surface area (TPSA) is 128 Å². The van der Waals surface area contributed by atoms with Crippen LogP contribution in [0.3, 0.4) is 0 Å². The van der Waals surface area contributed by atoms with Gasteiger partial charge in [0.2, 0.25) is 5.91 Å². The highest BCUT2D eigenvalue weighted by Gasteiger charge is 2.11. The van der Waals surface area contributed by atoms with Crippen LogP contribution in [-0.4, -0.2) is 16.1 Å². The van der Waals surface area contributed by atoms with E-state index in [0.29, 0.717) is 22.8 Å². The van der Waals surface area contributed by atoms with Crippen molar-refractivity contribution in [3.05, 3.63) is 58.9 Å². The number of carbonyl (C=O) groups excluding carboxylic acids is 1. The molecule has 2 aromatic carbocycles. The number of anilines is 2. The number of hydrogen-bond acceptors (Lipinski definition) is 5. The number of azo groups is 1. The van der Waals surface area contributed by atoms with E-state index in [0.717, 1.165) is 5.56 Å². The minimum Gasteiger partial charge on any atom is -0.399 e. The fourth-order valence-electron chi connectivity index (χ4n) is 2.31. The monoisotopic (exact) mass is 336 g/mol. The largest absolute Gasteiger partial charge is 0.399 e. The first kappa shape index (κ1) is 16.2. The first-order valence-corrected chi connectivity index (χ1v) is 7.49. The summed E-state index contributed by atoms with van der Waals surface area (Å²) < 4.78 is 0. The summed E-state index contributed by atoms with van der Waals surface area (Å²) in [5.74, 6) is -0.180. The lowest BCUT2D eigenvalue weighted by Crippen LogP contribution is -2.05. The minimum absolute atomic E-state index is 0.149. The molecule has 5 N–H and O–H groups in total. The zero-order valence-electron chi connectivity index (χ0n) is 13.4. The van der Waals surface area contributed by atoms with Gasteiger partial charge in [0.05, 0.1) is 11.4 Å². The highest BCUT2D eigenvalue weighted by Crippen LogP contribution is 2.28. The van der Waals surface area contributed by atoms with Crippen LogP contribution in [-0.2, 0) is 4.79 Å². The van der Waals surface area contributed by atoms with Crippen molar-refractivity contribution in [2.24, 2.45) is 10.2 Å². The Hall–Kier alpha value is -3.68. The first-order chi connectivity index (χ1) is 12.0. The van der Waals surface area contributed by atoms with Gasteiger partial charge in [0.1, 0.15) is 0 Å². The average molecular weight is 336 g/mol. The van der Waals surface area contributed by atoms with Gasteiger partial charge in [0.15, 0.2) is 5.69 Å². The van der Waals surface area contributed by atoms with Crippen LogP contribution in [0.2, 0.25) is 0 Å². The van der Waals surface area contributed by atoms with E-state index in [1.807, 2.05) is 6.07 Å². The van der Waals surface area contributed by atoms with E-state index in [2.05, 4.69) is 25.7 Å². The smallest absolute Gasteiger partial charge is 0.292 e. The van der Waals surface area contributed by atoms with Gasteiger partial charge in [0.25, 0.3) is 5.56 Å². The molecule has 126 valence electrons. The van der Waals surface area contributed by atoms with Gasteiger partial charge in [-0.2, -0.15) is 5.11 Å². The van der Waals surface area contributed by atoms with Crippen molar-refractivity contribution < 1.29 is 4.79 Å². The summed E-state index contributed by atoms with van der Waals surface area (Å²) in [7, 11) is 0. The lowest BCUT2D eigenvalue weighted by Gasteiger charge is -2.02. The van der Waals surface area contributed by atoms with E-state index in [9.17, 15) is 9.59 Å². The molecule has 3 rings (SSSR count). The highest BCUT2D eigenvalue weighted by molar-refractivity contribution is 5.89. The van der Waals surface area contributed by atoms with Crippen molar-refractivity contribution in [3.8, 4) is 11.3 Å². The number of aromatic nitrogens is 2. The lowest BCUT2D eigenvalue weighted by atomic mass is 10.1. The molecule has 0 spiro atoms. The van der Waals surface area contributed by atoms with Crippen LogP contribution in [0.4, 0.5) is 22.7 Å². The Bertz CT molecular complexity index is 1000. The molecule has 8 nitrogen and oxygen atoms in total. The molecule has 0 fully saturated rings. The van der Waals surface area contributed by atoms with Gasteiger partial charge in [-0.15, -0.1) is 5.11 Å². The summed E-state index contributed by atoms with van der Waals surface area (Å²) in [4.78, 5) is 23.1. The third-order valence-electron chi connectivity index (χ3n) is 3.36. The molecule has 3 aromatic rings.